The third-order valence-corrected chi connectivity index (χ3v) is 5.20. The molecule has 1 rings (SSSR count). The minimum atomic E-state index is -5.14. The second kappa shape index (κ2) is 12.4. The van der Waals surface area contributed by atoms with Gasteiger partial charge in [-0.25, -0.2) is 12.7 Å². The van der Waals surface area contributed by atoms with Gasteiger partial charge in [-0.3, -0.25) is 19.2 Å². The molecule has 0 spiro atoms. The van der Waals surface area contributed by atoms with E-state index >= 15 is 0 Å². The number of thioether (sulfide) groups is 1. The number of oxime groups is 1. The molecule has 0 saturated carbocycles. The van der Waals surface area contributed by atoms with Crippen molar-refractivity contribution in [2.75, 3.05) is 13.0 Å². The van der Waals surface area contributed by atoms with Crippen molar-refractivity contribution in [3.63, 3.8) is 0 Å². The summed E-state index contributed by atoms with van der Waals surface area (Å²) >= 11 is 5.99. The molecule has 1 fully saturated rings. The first-order valence-corrected chi connectivity index (χ1v) is 10.0. The Morgan fingerprint density at radius 3 is 2.52 bits per heavy atom. The van der Waals surface area contributed by atoms with Gasteiger partial charge in [-0.05, 0) is 5.41 Å². The normalized spacial score (nSPS) is 19.1. The molecule has 13 nitrogen and oxygen atoms in total. The van der Waals surface area contributed by atoms with E-state index in [1.54, 1.807) is 0 Å². The Kier molecular flexibility index (Phi) is 11.8. The van der Waals surface area contributed by atoms with Gasteiger partial charge in [0.15, 0.2) is 10.3 Å². The summed E-state index contributed by atoms with van der Waals surface area (Å²) in [6.45, 7) is 1.23. The molecule has 0 aromatic carbocycles. The van der Waals surface area contributed by atoms with Crippen molar-refractivity contribution in [1.82, 2.24) is 20.3 Å². The van der Waals surface area contributed by atoms with Gasteiger partial charge >= 0.3 is 29.6 Å². The molecule has 1 aliphatic rings. The van der Waals surface area contributed by atoms with Gasteiger partial charge < -0.3 is 25.3 Å². The van der Waals surface area contributed by atoms with E-state index in [1.807, 2.05) is 5.32 Å². The quantitative estimate of drug-likeness (QED) is 0.0609. The van der Waals surface area contributed by atoms with Crippen LogP contribution in [0.15, 0.2) is 16.8 Å². The molecule has 0 aromatic heterocycles. The van der Waals surface area contributed by atoms with Crippen LogP contribution < -0.4 is 45.5 Å². The number of carbonyl (C=O) groups excluding carboxylic acids is 4. The van der Waals surface area contributed by atoms with Crippen molar-refractivity contribution in [2.24, 2.45) is 5.16 Å². The largest absolute Gasteiger partial charge is 1.00 e. The number of amides is 4. The van der Waals surface area contributed by atoms with Crippen molar-refractivity contribution in [3.8, 4) is 0 Å². The monoisotopic (exact) mass is 479 g/mol. The Hall–Kier alpha value is -1.36. The Labute approximate surface area is 197 Å². The number of amidine groups is 1. The number of nitrogens with zero attached hydrogens (tertiary/aromatic N) is 2. The number of alkyl halides is 1. The molecule has 1 heterocycles. The summed E-state index contributed by atoms with van der Waals surface area (Å²) in [7, 11) is -4.05. The number of hydrogen-bond acceptors (Lipinski definition) is 10. The first-order chi connectivity index (χ1) is 13.0. The maximum absolute atomic E-state index is 12.2. The van der Waals surface area contributed by atoms with Gasteiger partial charge in [0.05, 0.1) is 0 Å². The predicted octanol–water partition coefficient (Wildman–Crippen LogP) is -5.24. The number of hydrogen-bond donors (Lipinski definition) is 3. The van der Waals surface area contributed by atoms with Crippen LogP contribution in [0.3, 0.4) is 0 Å². The minimum absolute atomic E-state index is 0. The van der Waals surface area contributed by atoms with E-state index in [2.05, 4.69) is 20.6 Å². The summed E-state index contributed by atoms with van der Waals surface area (Å²) in [5, 5.41) is 9.61. The molecule has 17 heteroatoms. The first kappa shape index (κ1) is 27.6. The summed E-state index contributed by atoms with van der Waals surface area (Å²) in [5.74, 6) is -4.60. The topological polar surface area (TPSA) is 186 Å². The zero-order valence-corrected chi connectivity index (χ0v) is 19.8. The molecule has 156 valence electrons. The van der Waals surface area contributed by atoms with Crippen LogP contribution in [0, 0.1) is 0 Å². The van der Waals surface area contributed by atoms with E-state index in [9.17, 15) is 32.1 Å². The fourth-order valence-electron chi connectivity index (χ4n) is 1.80. The predicted molar refractivity (Wildman–Crippen MR) is 96.1 cm³/mol. The van der Waals surface area contributed by atoms with Crippen LogP contribution in [0.4, 0.5) is 0 Å². The standard InChI is InChI=1S/C12H16ClN5O8S2.Na/c1-6(19)14-3-4-27-12-8(11(22)18(12)28(23,24)25)16-10(21)9(17-26-2)15-7(20)5-13;/h3-4,8,12H,5H2,1-2H3,(H,14,19)(H,16,21)(H,15,17,20)(H,23,24,25);/q;+1/p-1/b4-3-;/t8-,12-;/m1./s1. The number of halogens is 1. The van der Waals surface area contributed by atoms with E-state index < -0.39 is 57.1 Å². The number of β-lactam (4-membered cyclic amide) rings is 1. The van der Waals surface area contributed by atoms with E-state index in [4.69, 9.17) is 11.6 Å². The molecule has 0 unspecified atom stereocenters. The van der Waals surface area contributed by atoms with Crippen LogP contribution in [-0.4, -0.2) is 71.1 Å². The summed E-state index contributed by atoms with van der Waals surface area (Å²) < 4.78 is 33.8. The third kappa shape index (κ3) is 8.12. The number of nitrogens with one attached hydrogen (secondary N) is 3. The Balaban J connectivity index is 0.00000784. The van der Waals surface area contributed by atoms with Gasteiger partial charge in [-0.2, -0.15) is 0 Å². The van der Waals surface area contributed by atoms with Gasteiger partial charge in [0, 0.05) is 13.1 Å². The van der Waals surface area contributed by atoms with Gasteiger partial charge in [0.25, 0.3) is 11.8 Å². The van der Waals surface area contributed by atoms with Crippen LogP contribution in [0.1, 0.15) is 6.92 Å². The van der Waals surface area contributed by atoms with Gasteiger partial charge in [0.2, 0.25) is 17.6 Å². The molecule has 1 saturated heterocycles. The second-order valence-electron chi connectivity index (χ2n) is 4.88. The van der Waals surface area contributed by atoms with Crippen LogP contribution in [0.25, 0.3) is 0 Å². The van der Waals surface area contributed by atoms with Crippen molar-refractivity contribution >= 4 is 63.1 Å². The SMILES string of the molecule is CON=C(NC(=O)CCl)C(=O)N[C@@H]1C(=O)N(S(=O)(=O)[O-])[C@@H]1S/C=C\NC(C)=O.[Na+]. The Bertz CT molecular complexity index is 821. The maximum atomic E-state index is 12.2. The molecule has 0 radical (unpaired) electrons. The average molecular weight is 480 g/mol. The molecular weight excluding hydrogens is 465 g/mol. The van der Waals surface area contributed by atoms with Gasteiger partial charge in [-0.15, -0.1) is 23.4 Å². The number of rotatable bonds is 7. The maximum Gasteiger partial charge on any atom is 1.00 e. The van der Waals surface area contributed by atoms with Crippen molar-refractivity contribution in [2.45, 2.75) is 18.3 Å². The summed E-state index contributed by atoms with van der Waals surface area (Å²) in [6.07, 6.45) is 1.16. The summed E-state index contributed by atoms with van der Waals surface area (Å²) in [4.78, 5) is 50.7. The first-order valence-electron chi connectivity index (χ1n) is 7.17. The smallest absolute Gasteiger partial charge is 0.731 e. The Morgan fingerprint density at radius 2 is 2.03 bits per heavy atom. The Morgan fingerprint density at radius 1 is 1.41 bits per heavy atom. The van der Waals surface area contributed by atoms with Gasteiger partial charge in [-0.1, -0.05) is 5.16 Å². The van der Waals surface area contributed by atoms with Crippen molar-refractivity contribution in [1.29, 1.82) is 0 Å². The van der Waals surface area contributed by atoms with Crippen LogP contribution in [-0.2, 0) is 34.3 Å². The molecule has 0 aromatic rings. The molecule has 3 N–H and O–H groups in total. The zero-order valence-electron chi connectivity index (χ0n) is 15.4. The zero-order chi connectivity index (χ0) is 21.5. The third-order valence-electron chi connectivity index (χ3n) is 2.88. The number of carbonyl (C=O) groups is 4. The fraction of sp³-hybridized carbons (Fsp3) is 0.417. The van der Waals surface area contributed by atoms with Crippen molar-refractivity contribution < 1.29 is 66.5 Å². The molecular formula is C12H15ClN5NaO8S2. The molecule has 29 heavy (non-hydrogen) atoms. The van der Waals surface area contributed by atoms with Crippen LogP contribution in [0.2, 0.25) is 0 Å². The second-order valence-corrected chi connectivity index (χ2v) is 7.42. The van der Waals surface area contributed by atoms with Crippen LogP contribution >= 0.6 is 23.4 Å². The fourth-order valence-corrected chi connectivity index (χ4v) is 3.91. The van der Waals surface area contributed by atoms with Gasteiger partial charge in [0.1, 0.15) is 24.4 Å². The van der Waals surface area contributed by atoms with Crippen LogP contribution in [0.5, 0.6) is 0 Å². The molecule has 0 bridgehead atoms. The molecule has 0 aliphatic carbocycles. The van der Waals surface area contributed by atoms with E-state index in [0.29, 0.717) is 11.8 Å². The minimum Gasteiger partial charge on any atom is -0.731 e. The van der Waals surface area contributed by atoms with Crippen molar-refractivity contribution in [3.05, 3.63) is 11.6 Å². The summed E-state index contributed by atoms with van der Waals surface area (Å²) in [5.41, 5.74) is 0. The molecule has 4 amide bonds. The molecule has 2 atom stereocenters. The average Bonchev–Trinajstić information content (AvgIpc) is 2.59. The van der Waals surface area contributed by atoms with E-state index in [-0.39, 0.29) is 33.9 Å². The summed E-state index contributed by atoms with van der Waals surface area (Å²) in [6, 6.07) is -1.43. The van der Waals surface area contributed by atoms with E-state index in [0.717, 1.165) is 13.3 Å². The molecule has 1 aliphatic heterocycles. The van der Waals surface area contributed by atoms with E-state index in [1.165, 1.54) is 12.3 Å².